The second-order valence-corrected chi connectivity index (χ2v) is 8.61. The van der Waals surface area contributed by atoms with Gasteiger partial charge < -0.3 is 9.13 Å². The molecule has 0 atom stereocenters. The van der Waals surface area contributed by atoms with Crippen LogP contribution in [0.2, 0.25) is 0 Å². The molecule has 2 heterocycles. The van der Waals surface area contributed by atoms with Gasteiger partial charge in [0.1, 0.15) is 0 Å². The number of benzene rings is 4. The molecule has 0 aliphatic heterocycles. The molecule has 0 fully saturated rings. The predicted octanol–water partition coefficient (Wildman–Crippen LogP) is 7.25. The molecule has 0 N–H and O–H groups in total. The SMILES string of the molecule is CCc1ccc2c3cc4cc5c(cc4cc3n(C)c2c1)c1ccc(CC)cc1n5C. The molecule has 0 saturated carbocycles. The van der Waals surface area contributed by atoms with E-state index in [9.17, 15) is 0 Å². The monoisotopic (exact) mass is 390 g/mol. The molecule has 30 heavy (non-hydrogen) atoms. The lowest BCUT2D eigenvalue weighted by Crippen LogP contribution is -1.89. The first-order valence-electron chi connectivity index (χ1n) is 10.9. The van der Waals surface area contributed by atoms with Crippen molar-refractivity contribution in [2.75, 3.05) is 0 Å². The molecular weight excluding hydrogens is 364 g/mol. The molecular formula is C28H26N2. The van der Waals surface area contributed by atoms with Crippen molar-refractivity contribution in [2.45, 2.75) is 26.7 Å². The summed E-state index contributed by atoms with van der Waals surface area (Å²) in [6.07, 6.45) is 2.13. The quantitative estimate of drug-likeness (QED) is 0.294. The van der Waals surface area contributed by atoms with Crippen molar-refractivity contribution in [1.29, 1.82) is 0 Å². The van der Waals surface area contributed by atoms with Crippen LogP contribution in [0.3, 0.4) is 0 Å². The number of rotatable bonds is 2. The highest BCUT2D eigenvalue weighted by atomic mass is 14.9. The van der Waals surface area contributed by atoms with Crippen molar-refractivity contribution in [3.8, 4) is 0 Å². The number of hydrogen-bond donors (Lipinski definition) is 0. The van der Waals surface area contributed by atoms with E-state index in [1.54, 1.807) is 0 Å². The summed E-state index contributed by atoms with van der Waals surface area (Å²) in [6, 6.07) is 23.3. The van der Waals surface area contributed by atoms with E-state index in [1.807, 2.05) is 0 Å². The van der Waals surface area contributed by atoms with Gasteiger partial charge in [-0.25, -0.2) is 0 Å². The van der Waals surface area contributed by atoms with Crippen LogP contribution in [-0.2, 0) is 26.9 Å². The lowest BCUT2D eigenvalue weighted by atomic mass is 10.0. The van der Waals surface area contributed by atoms with E-state index in [0.717, 1.165) is 12.8 Å². The summed E-state index contributed by atoms with van der Waals surface area (Å²) in [5.74, 6) is 0. The molecule has 6 rings (SSSR count). The van der Waals surface area contributed by atoms with Gasteiger partial charge >= 0.3 is 0 Å². The largest absolute Gasteiger partial charge is 0.344 e. The van der Waals surface area contributed by atoms with Crippen LogP contribution in [0.5, 0.6) is 0 Å². The zero-order chi connectivity index (χ0) is 20.6. The van der Waals surface area contributed by atoms with Gasteiger partial charge in [-0.15, -0.1) is 0 Å². The first-order valence-corrected chi connectivity index (χ1v) is 10.9. The van der Waals surface area contributed by atoms with Crippen LogP contribution >= 0.6 is 0 Å². The van der Waals surface area contributed by atoms with Crippen molar-refractivity contribution in [3.05, 3.63) is 71.8 Å². The molecule has 2 aromatic heterocycles. The number of fused-ring (bicyclic) bond motifs is 7. The minimum atomic E-state index is 1.07. The highest BCUT2D eigenvalue weighted by Gasteiger charge is 2.13. The van der Waals surface area contributed by atoms with Crippen LogP contribution in [0.1, 0.15) is 25.0 Å². The lowest BCUT2D eigenvalue weighted by molar-refractivity contribution is 1.01. The van der Waals surface area contributed by atoms with E-state index >= 15 is 0 Å². The van der Waals surface area contributed by atoms with Gasteiger partial charge in [-0.2, -0.15) is 0 Å². The minimum absolute atomic E-state index is 1.07. The van der Waals surface area contributed by atoms with Gasteiger partial charge in [-0.05, 0) is 71.1 Å². The Kier molecular flexibility index (Phi) is 3.59. The van der Waals surface area contributed by atoms with Gasteiger partial charge in [0.05, 0.1) is 0 Å². The van der Waals surface area contributed by atoms with Crippen LogP contribution < -0.4 is 0 Å². The highest BCUT2D eigenvalue weighted by Crippen LogP contribution is 2.36. The summed E-state index contributed by atoms with van der Waals surface area (Å²) in [6.45, 7) is 4.44. The lowest BCUT2D eigenvalue weighted by Gasteiger charge is -2.04. The van der Waals surface area contributed by atoms with E-state index in [-0.39, 0.29) is 0 Å². The van der Waals surface area contributed by atoms with E-state index in [4.69, 9.17) is 0 Å². The summed E-state index contributed by atoms with van der Waals surface area (Å²) in [4.78, 5) is 0. The molecule has 4 aromatic carbocycles. The van der Waals surface area contributed by atoms with Crippen LogP contribution in [0.25, 0.3) is 54.4 Å². The number of nitrogens with zero attached hydrogens (tertiary/aromatic N) is 2. The Balaban J connectivity index is 1.72. The smallest absolute Gasteiger partial charge is 0.0495 e. The maximum Gasteiger partial charge on any atom is 0.0495 e. The molecule has 6 aromatic rings. The summed E-state index contributed by atoms with van der Waals surface area (Å²) in [5, 5.41) is 7.99. The van der Waals surface area contributed by atoms with Gasteiger partial charge in [-0.1, -0.05) is 38.1 Å². The fraction of sp³-hybridized carbons (Fsp3) is 0.214. The second-order valence-electron chi connectivity index (χ2n) is 8.61. The van der Waals surface area contributed by atoms with Crippen molar-refractivity contribution in [2.24, 2.45) is 14.1 Å². The Morgan fingerprint density at radius 2 is 0.900 bits per heavy atom. The van der Waals surface area contributed by atoms with Gasteiger partial charge in [0.25, 0.3) is 0 Å². The van der Waals surface area contributed by atoms with Crippen molar-refractivity contribution >= 4 is 54.4 Å². The Morgan fingerprint density at radius 1 is 0.500 bits per heavy atom. The zero-order valence-corrected chi connectivity index (χ0v) is 18.1. The first-order chi connectivity index (χ1) is 14.6. The highest BCUT2D eigenvalue weighted by molar-refractivity contribution is 6.17. The third kappa shape index (κ3) is 2.25. The maximum atomic E-state index is 2.38. The number of aromatic nitrogens is 2. The van der Waals surface area contributed by atoms with Crippen LogP contribution in [0.15, 0.2) is 60.7 Å². The molecule has 2 heteroatoms. The van der Waals surface area contributed by atoms with Crippen molar-refractivity contribution in [1.82, 2.24) is 9.13 Å². The van der Waals surface area contributed by atoms with E-state index in [2.05, 4.69) is 97.7 Å². The predicted molar refractivity (Wildman–Crippen MR) is 131 cm³/mol. The Bertz CT molecular complexity index is 1500. The molecule has 0 spiro atoms. The minimum Gasteiger partial charge on any atom is -0.344 e. The Hall–Kier alpha value is -3.26. The van der Waals surface area contributed by atoms with Crippen LogP contribution in [0, 0.1) is 0 Å². The van der Waals surface area contributed by atoms with E-state index in [1.165, 1.54) is 65.5 Å². The number of hydrogen-bond acceptors (Lipinski definition) is 0. The molecule has 0 amide bonds. The average Bonchev–Trinajstić information content (AvgIpc) is 3.21. The summed E-state index contributed by atoms with van der Waals surface area (Å²) in [5.41, 5.74) is 8.03. The zero-order valence-electron chi connectivity index (χ0n) is 18.1. The number of aryl methyl sites for hydroxylation is 4. The van der Waals surface area contributed by atoms with E-state index < -0.39 is 0 Å². The molecule has 148 valence electrons. The van der Waals surface area contributed by atoms with Gasteiger partial charge in [-0.3, -0.25) is 0 Å². The standard InChI is InChI=1S/C28H26N2/c1-5-17-7-9-21-23-13-19-16-28-24(14-20(19)15-27(23)29(3)25(21)11-17)22-10-8-18(6-2)12-26(22)30(28)4/h7-16H,5-6H2,1-4H3. The average molecular weight is 391 g/mol. The summed E-state index contributed by atoms with van der Waals surface area (Å²) < 4.78 is 4.70. The molecule has 0 unspecified atom stereocenters. The summed E-state index contributed by atoms with van der Waals surface area (Å²) >= 11 is 0. The van der Waals surface area contributed by atoms with E-state index in [0.29, 0.717) is 0 Å². The van der Waals surface area contributed by atoms with Crippen molar-refractivity contribution in [3.63, 3.8) is 0 Å². The van der Waals surface area contributed by atoms with Gasteiger partial charge in [0.2, 0.25) is 0 Å². The fourth-order valence-corrected chi connectivity index (χ4v) is 5.18. The van der Waals surface area contributed by atoms with Gasteiger partial charge in [0.15, 0.2) is 0 Å². The summed E-state index contributed by atoms with van der Waals surface area (Å²) in [7, 11) is 4.39. The second kappa shape index (κ2) is 6.12. The Labute approximate surface area is 176 Å². The van der Waals surface area contributed by atoms with Crippen LogP contribution in [-0.4, -0.2) is 9.13 Å². The molecule has 0 aliphatic carbocycles. The molecule has 2 nitrogen and oxygen atoms in total. The molecule has 0 saturated heterocycles. The maximum absolute atomic E-state index is 2.38. The van der Waals surface area contributed by atoms with Crippen LogP contribution in [0.4, 0.5) is 0 Å². The topological polar surface area (TPSA) is 9.86 Å². The molecule has 0 bridgehead atoms. The Morgan fingerprint density at radius 3 is 1.30 bits per heavy atom. The third-order valence-corrected chi connectivity index (χ3v) is 7.04. The normalized spacial score (nSPS) is 12.3. The third-order valence-electron chi connectivity index (χ3n) is 7.04. The van der Waals surface area contributed by atoms with Crippen molar-refractivity contribution < 1.29 is 0 Å². The molecule has 0 aliphatic rings. The first kappa shape index (κ1) is 17.6. The van der Waals surface area contributed by atoms with Gasteiger partial charge in [0, 0.05) is 57.7 Å². The fourth-order valence-electron chi connectivity index (χ4n) is 5.18. The molecule has 0 radical (unpaired) electrons.